The minimum Gasteiger partial charge on any atom is -0.448 e. The van der Waals surface area contributed by atoms with E-state index in [1.807, 2.05) is 0 Å². The monoisotopic (exact) mass is 205 g/mol. The fraction of sp³-hybridized carbons (Fsp3) is 0.889. The zero-order valence-electron chi connectivity index (χ0n) is 7.96. The molecule has 13 heavy (non-hydrogen) atoms. The van der Waals surface area contributed by atoms with Gasteiger partial charge in [-0.15, -0.1) is 11.6 Å². The van der Waals surface area contributed by atoms with Crippen LogP contribution in [0.3, 0.4) is 0 Å². The van der Waals surface area contributed by atoms with Gasteiger partial charge in [0.15, 0.2) is 0 Å². The number of amides is 1. The molecule has 1 rings (SSSR count). The van der Waals surface area contributed by atoms with Gasteiger partial charge in [-0.25, -0.2) is 4.79 Å². The van der Waals surface area contributed by atoms with Gasteiger partial charge in [-0.1, -0.05) is 6.92 Å². The van der Waals surface area contributed by atoms with Crippen molar-refractivity contribution in [2.45, 2.75) is 19.8 Å². The van der Waals surface area contributed by atoms with Crippen LogP contribution in [0.4, 0.5) is 4.79 Å². The van der Waals surface area contributed by atoms with Crippen molar-refractivity contribution < 1.29 is 9.53 Å². The van der Waals surface area contributed by atoms with Crippen LogP contribution in [-0.2, 0) is 4.74 Å². The summed E-state index contributed by atoms with van der Waals surface area (Å²) in [5, 5.41) is 0. The zero-order chi connectivity index (χ0) is 9.68. The number of alkyl halides is 1. The summed E-state index contributed by atoms with van der Waals surface area (Å²) >= 11 is 5.62. The van der Waals surface area contributed by atoms with E-state index in [1.165, 1.54) is 0 Å². The summed E-state index contributed by atoms with van der Waals surface area (Å²) in [4.78, 5) is 12.8. The van der Waals surface area contributed by atoms with Gasteiger partial charge in [0, 0.05) is 12.4 Å². The Labute approximate surface area is 84.0 Å². The lowest BCUT2D eigenvalue weighted by Gasteiger charge is -2.15. The van der Waals surface area contributed by atoms with Crippen molar-refractivity contribution in [2.24, 2.45) is 5.92 Å². The van der Waals surface area contributed by atoms with E-state index in [4.69, 9.17) is 16.3 Å². The van der Waals surface area contributed by atoms with Gasteiger partial charge in [-0.05, 0) is 18.8 Å². The van der Waals surface area contributed by atoms with Crippen LogP contribution in [0.25, 0.3) is 0 Å². The number of rotatable bonds is 5. The maximum absolute atomic E-state index is 11.0. The lowest BCUT2D eigenvalue weighted by atomic mass is 10.1. The van der Waals surface area contributed by atoms with E-state index in [0.29, 0.717) is 18.4 Å². The summed E-state index contributed by atoms with van der Waals surface area (Å²) in [7, 11) is 0. The van der Waals surface area contributed by atoms with Gasteiger partial charge >= 0.3 is 6.09 Å². The third kappa shape index (κ3) is 3.43. The van der Waals surface area contributed by atoms with Gasteiger partial charge in [0.2, 0.25) is 0 Å². The Balaban J connectivity index is 2.14. The lowest BCUT2D eigenvalue weighted by molar-refractivity contribution is 0.157. The lowest BCUT2D eigenvalue weighted by Crippen LogP contribution is -2.26. The first kappa shape index (κ1) is 10.6. The Morgan fingerprint density at radius 2 is 2.38 bits per heavy atom. The maximum atomic E-state index is 11.0. The topological polar surface area (TPSA) is 29.5 Å². The predicted molar refractivity (Wildman–Crippen MR) is 52.0 cm³/mol. The first-order valence-corrected chi connectivity index (χ1v) is 5.25. The van der Waals surface area contributed by atoms with Crippen LogP contribution in [0.5, 0.6) is 0 Å². The molecule has 1 heterocycles. The van der Waals surface area contributed by atoms with Gasteiger partial charge in [-0.3, -0.25) is 0 Å². The van der Waals surface area contributed by atoms with E-state index in [0.717, 1.165) is 25.9 Å². The van der Waals surface area contributed by atoms with Crippen LogP contribution in [-0.4, -0.2) is 36.6 Å². The fourth-order valence-corrected chi connectivity index (χ4v) is 1.71. The van der Waals surface area contributed by atoms with E-state index in [9.17, 15) is 4.79 Å². The highest BCUT2D eigenvalue weighted by molar-refractivity contribution is 6.17. The maximum Gasteiger partial charge on any atom is 0.409 e. The van der Waals surface area contributed by atoms with Crippen molar-refractivity contribution in [3.63, 3.8) is 0 Å². The third-order valence-corrected chi connectivity index (χ3v) is 2.56. The number of carbonyl (C=O) groups is 1. The van der Waals surface area contributed by atoms with Crippen LogP contribution < -0.4 is 0 Å². The molecule has 1 saturated heterocycles. The average Bonchev–Trinajstić information content (AvgIpc) is 2.48. The predicted octanol–water partition coefficient (Wildman–Crippen LogP) is 2.09. The second-order valence-corrected chi connectivity index (χ2v) is 3.85. The summed E-state index contributed by atoms with van der Waals surface area (Å²) < 4.78 is 4.82. The molecule has 0 aliphatic carbocycles. The SMILES string of the molecule is CC(CCCl)CCN1CCOC1=O. The summed E-state index contributed by atoms with van der Waals surface area (Å²) in [5.74, 6) is 1.29. The van der Waals surface area contributed by atoms with Crippen molar-refractivity contribution >= 4 is 17.7 Å². The minimum atomic E-state index is -0.168. The first-order valence-electron chi connectivity index (χ1n) is 4.71. The smallest absolute Gasteiger partial charge is 0.409 e. The molecule has 0 spiro atoms. The minimum absolute atomic E-state index is 0.168. The summed E-state index contributed by atoms with van der Waals surface area (Å²) in [6, 6.07) is 0. The van der Waals surface area contributed by atoms with Crippen molar-refractivity contribution in [2.75, 3.05) is 25.6 Å². The van der Waals surface area contributed by atoms with Crippen LogP contribution >= 0.6 is 11.6 Å². The van der Waals surface area contributed by atoms with Crippen LogP contribution in [0.15, 0.2) is 0 Å². The van der Waals surface area contributed by atoms with Gasteiger partial charge in [0.25, 0.3) is 0 Å². The second-order valence-electron chi connectivity index (χ2n) is 3.47. The molecular formula is C9H16ClNO2. The van der Waals surface area contributed by atoms with Gasteiger partial charge in [0.1, 0.15) is 6.61 Å². The van der Waals surface area contributed by atoms with Crippen molar-refractivity contribution in [1.82, 2.24) is 4.90 Å². The second kappa shape index (κ2) is 5.32. The normalized spacial score (nSPS) is 18.9. The average molecular weight is 206 g/mol. The molecule has 1 aliphatic rings. The van der Waals surface area contributed by atoms with Crippen LogP contribution in [0.2, 0.25) is 0 Å². The number of nitrogens with zero attached hydrogens (tertiary/aromatic N) is 1. The molecule has 3 nitrogen and oxygen atoms in total. The first-order chi connectivity index (χ1) is 6.24. The highest BCUT2D eigenvalue weighted by Crippen LogP contribution is 2.11. The quantitative estimate of drug-likeness (QED) is 0.644. The summed E-state index contributed by atoms with van der Waals surface area (Å²) in [6.07, 6.45) is 1.87. The molecule has 0 aromatic carbocycles. The number of halogens is 1. The summed E-state index contributed by atoms with van der Waals surface area (Å²) in [6.45, 7) is 4.25. The van der Waals surface area contributed by atoms with E-state index < -0.39 is 0 Å². The number of hydrogen-bond donors (Lipinski definition) is 0. The highest BCUT2D eigenvalue weighted by Gasteiger charge is 2.21. The summed E-state index contributed by atoms with van der Waals surface area (Å²) in [5.41, 5.74) is 0. The molecule has 0 N–H and O–H groups in total. The number of ether oxygens (including phenoxy) is 1. The molecule has 76 valence electrons. The largest absolute Gasteiger partial charge is 0.448 e. The Morgan fingerprint density at radius 3 is 2.92 bits per heavy atom. The Kier molecular flexibility index (Phi) is 4.36. The third-order valence-electron chi connectivity index (χ3n) is 2.34. The number of carbonyl (C=O) groups excluding carboxylic acids is 1. The molecule has 1 aliphatic heterocycles. The Bertz CT molecular complexity index is 175. The number of cyclic esters (lactones) is 1. The van der Waals surface area contributed by atoms with E-state index in [2.05, 4.69) is 6.92 Å². The molecular weight excluding hydrogens is 190 g/mol. The molecule has 1 fully saturated rings. The molecule has 0 saturated carbocycles. The van der Waals surface area contributed by atoms with E-state index in [1.54, 1.807) is 4.90 Å². The van der Waals surface area contributed by atoms with Crippen molar-refractivity contribution in [3.8, 4) is 0 Å². The molecule has 0 bridgehead atoms. The molecule has 1 amide bonds. The van der Waals surface area contributed by atoms with Gasteiger partial charge < -0.3 is 9.64 Å². The van der Waals surface area contributed by atoms with Gasteiger partial charge in [-0.2, -0.15) is 0 Å². The Hall–Kier alpha value is -0.440. The standard InChI is InChI=1S/C9H16ClNO2/c1-8(2-4-10)3-5-11-6-7-13-9(11)12/h8H,2-7H2,1H3. The molecule has 0 aromatic heterocycles. The molecule has 1 atom stereocenters. The van der Waals surface area contributed by atoms with Crippen molar-refractivity contribution in [3.05, 3.63) is 0 Å². The zero-order valence-corrected chi connectivity index (χ0v) is 8.72. The molecule has 0 aromatic rings. The van der Waals surface area contributed by atoms with Crippen LogP contribution in [0, 0.1) is 5.92 Å². The fourth-order valence-electron chi connectivity index (χ4n) is 1.34. The van der Waals surface area contributed by atoms with E-state index in [-0.39, 0.29) is 6.09 Å². The molecule has 4 heteroatoms. The Morgan fingerprint density at radius 1 is 1.62 bits per heavy atom. The van der Waals surface area contributed by atoms with E-state index >= 15 is 0 Å². The van der Waals surface area contributed by atoms with Gasteiger partial charge in [0.05, 0.1) is 6.54 Å². The highest BCUT2D eigenvalue weighted by atomic mass is 35.5. The number of hydrogen-bond acceptors (Lipinski definition) is 2. The van der Waals surface area contributed by atoms with Crippen LogP contribution in [0.1, 0.15) is 19.8 Å². The molecule has 0 radical (unpaired) electrons. The van der Waals surface area contributed by atoms with Crippen molar-refractivity contribution in [1.29, 1.82) is 0 Å². The molecule has 1 unspecified atom stereocenters.